The monoisotopic (exact) mass is 680 g/mol. The average molecular weight is 682 g/mol. The van der Waals surface area contributed by atoms with Crippen LogP contribution in [0.2, 0.25) is 0 Å². The van der Waals surface area contributed by atoms with E-state index in [1.54, 1.807) is 33.7 Å². The van der Waals surface area contributed by atoms with Crippen LogP contribution in [0.25, 0.3) is 0 Å². The number of benzene rings is 2. The van der Waals surface area contributed by atoms with E-state index in [-0.39, 0.29) is 47.5 Å². The number of alkyl halides is 1. The SMILES string of the molecule is C=CCN(C(=O)C1N(CCO)C(=O)[C@@H]2[C@H](C(=O)N(CC=C)c3ccccc3)[C@H]3SC12CC3Br)c1ccc(N(CC)CC)cc1. The maximum atomic E-state index is 14.7. The molecular weight excluding hydrogens is 640 g/mol. The number of amides is 3. The van der Waals surface area contributed by atoms with Crippen molar-refractivity contribution in [2.24, 2.45) is 11.8 Å². The maximum Gasteiger partial charge on any atom is 0.251 e. The van der Waals surface area contributed by atoms with E-state index in [1.807, 2.05) is 54.6 Å². The molecule has 3 fully saturated rings. The highest BCUT2D eigenvalue weighted by Gasteiger charge is 2.76. The minimum Gasteiger partial charge on any atom is -0.395 e. The fraction of sp³-hybridized carbons (Fsp3) is 0.441. The van der Waals surface area contributed by atoms with Crippen LogP contribution in [0.3, 0.4) is 0 Å². The van der Waals surface area contributed by atoms with Gasteiger partial charge in [-0.25, -0.2) is 0 Å². The number of carbonyl (C=O) groups is 3. The van der Waals surface area contributed by atoms with Crippen LogP contribution in [0.1, 0.15) is 20.3 Å². The van der Waals surface area contributed by atoms with Crippen LogP contribution in [0.5, 0.6) is 0 Å². The summed E-state index contributed by atoms with van der Waals surface area (Å²) in [5, 5.41) is 9.87. The van der Waals surface area contributed by atoms with Crippen molar-refractivity contribution in [1.29, 1.82) is 0 Å². The maximum absolute atomic E-state index is 14.7. The van der Waals surface area contributed by atoms with Crippen LogP contribution in [0.4, 0.5) is 17.1 Å². The standard InChI is InChI=1S/C34H41BrN4O4S/c1-5-18-37(24-12-10-9-11-13-24)31(41)27-28-32(42)39(20-21-40)30(34(28)22-26(35)29(27)44-34)33(43)38(19-6-2)25-16-14-23(15-17-25)36(7-3)8-4/h5-6,9-17,26-30,40H,1-2,7-8,18-22H2,3-4H3/t26?,27-,28-,29-,30?,34?/m0/s1. The first kappa shape index (κ1) is 32.3. The number of carbonyl (C=O) groups excluding carboxylic acids is 3. The van der Waals surface area contributed by atoms with Crippen molar-refractivity contribution in [3.8, 4) is 0 Å². The van der Waals surface area contributed by atoms with Crippen LogP contribution in [0.15, 0.2) is 79.9 Å². The largest absolute Gasteiger partial charge is 0.395 e. The van der Waals surface area contributed by atoms with Gasteiger partial charge in [0, 0.05) is 59.9 Å². The molecule has 3 saturated heterocycles. The number of fused-ring (bicyclic) bond motifs is 1. The number of thioether (sulfide) groups is 1. The van der Waals surface area contributed by atoms with E-state index in [0.29, 0.717) is 18.7 Å². The van der Waals surface area contributed by atoms with E-state index in [2.05, 4.69) is 47.8 Å². The van der Waals surface area contributed by atoms with E-state index < -0.39 is 22.6 Å². The molecule has 1 N–H and O–H groups in total. The molecule has 3 aliphatic heterocycles. The van der Waals surface area contributed by atoms with Crippen molar-refractivity contribution in [2.75, 3.05) is 54.0 Å². The van der Waals surface area contributed by atoms with Gasteiger partial charge in [0.25, 0.3) is 5.91 Å². The smallest absolute Gasteiger partial charge is 0.251 e. The topological polar surface area (TPSA) is 84.4 Å². The van der Waals surface area contributed by atoms with Gasteiger partial charge in [0.1, 0.15) is 6.04 Å². The van der Waals surface area contributed by atoms with Gasteiger partial charge in [-0.3, -0.25) is 14.4 Å². The molecule has 0 saturated carbocycles. The molecule has 1 spiro atoms. The van der Waals surface area contributed by atoms with Crippen molar-refractivity contribution in [3.05, 3.63) is 79.9 Å². The summed E-state index contributed by atoms with van der Waals surface area (Å²) in [7, 11) is 0. The first-order valence-corrected chi connectivity index (χ1v) is 17.0. The van der Waals surface area contributed by atoms with Gasteiger partial charge in [0.15, 0.2) is 0 Å². The summed E-state index contributed by atoms with van der Waals surface area (Å²) >= 11 is 5.44. The number of hydrogen-bond donors (Lipinski definition) is 1. The Morgan fingerprint density at radius 2 is 1.55 bits per heavy atom. The summed E-state index contributed by atoms with van der Waals surface area (Å²) in [4.78, 5) is 50.5. The second-order valence-corrected chi connectivity index (χ2v) is 14.1. The summed E-state index contributed by atoms with van der Waals surface area (Å²) in [5.41, 5.74) is 2.52. The number of halogens is 1. The number of para-hydroxylation sites is 1. The number of likely N-dealkylation sites (tertiary alicyclic amines) is 1. The summed E-state index contributed by atoms with van der Waals surface area (Å²) in [6.45, 7) is 14.0. The molecule has 10 heteroatoms. The molecule has 0 aliphatic carbocycles. The first-order chi connectivity index (χ1) is 21.3. The zero-order valence-electron chi connectivity index (χ0n) is 25.3. The lowest BCUT2D eigenvalue weighted by Gasteiger charge is -2.38. The Hall–Kier alpha value is -3.08. The van der Waals surface area contributed by atoms with Gasteiger partial charge in [-0.1, -0.05) is 46.3 Å². The second kappa shape index (κ2) is 13.5. The lowest BCUT2D eigenvalue weighted by Crippen LogP contribution is -2.56. The van der Waals surface area contributed by atoms with Crippen LogP contribution in [-0.4, -0.2) is 87.9 Å². The second-order valence-electron chi connectivity index (χ2n) is 11.4. The number of aliphatic hydroxyl groups is 1. The summed E-state index contributed by atoms with van der Waals surface area (Å²) in [6.07, 6.45) is 3.94. The molecule has 8 nitrogen and oxygen atoms in total. The predicted molar refractivity (Wildman–Crippen MR) is 183 cm³/mol. The number of rotatable bonds is 13. The molecule has 3 heterocycles. The Labute approximate surface area is 272 Å². The molecule has 3 aliphatic rings. The van der Waals surface area contributed by atoms with Gasteiger partial charge in [-0.2, -0.15) is 0 Å². The normalized spacial score (nSPS) is 26.8. The zero-order valence-corrected chi connectivity index (χ0v) is 27.8. The van der Waals surface area contributed by atoms with Gasteiger partial charge in [0.2, 0.25) is 11.8 Å². The van der Waals surface area contributed by atoms with E-state index in [0.717, 1.165) is 24.5 Å². The molecule has 3 amide bonds. The van der Waals surface area contributed by atoms with E-state index in [9.17, 15) is 19.5 Å². The Kier molecular flexibility index (Phi) is 9.92. The molecule has 2 bridgehead atoms. The predicted octanol–water partition coefficient (Wildman–Crippen LogP) is 4.73. The number of anilines is 3. The van der Waals surface area contributed by atoms with Crippen molar-refractivity contribution >= 4 is 62.5 Å². The molecule has 2 aromatic rings. The number of aliphatic hydroxyl groups excluding tert-OH is 1. The van der Waals surface area contributed by atoms with E-state index >= 15 is 0 Å². The molecule has 0 aromatic heterocycles. The highest BCUT2D eigenvalue weighted by molar-refractivity contribution is 9.09. The van der Waals surface area contributed by atoms with Crippen molar-refractivity contribution in [3.63, 3.8) is 0 Å². The quantitative estimate of drug-likeness (QED) is 0.243. The van der Waals surface area contributed by atoms with Gasteiger partial charge in [-0.15, -0.1) is 24.9 Å². The third-order valence-electron chi connectivity index (χ3n) is 9.16. The fourth-order valence-corrected chi connectivity index (χ4v) is 10.9. The molecule has 6 atom stereocenters. The summed E-state index contributed by atoms with van der Waals surface area (Å²) < 4.78 is -0.820. The van der Waals surface area contributed by atoms with E-state index in [1.165, 1.54) is 4.90 Å². The van der Waals surface area contributed by atoms with Crippen LogP contribution < -0.4 is 14.7 Å². The Morgan fingerprint density at radius 1 is 0.977 bits per heavy atom. The molecule has 5 rings (SSSR count). The highest BCUT2D eigenvalue weighted by Crippen LogP contribution is 2.68. The van der Waals surface area contributed by atoms with Crippen LogP contribution >= 0.6 is 27.7 Å². The van der Waals surface area contributed by atoms with Crippen LogP contribution in [-0.2, 0) is 14.4 Å². The lowest BCUT2D eigenvalue weighted by molar-refractivity contribution is -0.139. The van der Waals surface area contributed by atoms with Crippen molar-refractivity contribution < 1.29 is 19.5 Å². The molecule has 234 valence electrons. The Bertz CT molecular complexity index is 1390. The minimum atomic E-state index is -0.841. The molecule has 0 radical (unpaired) electrons. The third-order valence-corrected chi connectivity index (χ3v) is 12.4. The van der Waals surface area contributed by atoms with E-state index in [4.69, 9.17) is 0 Å². The fourth-order valence-electron chi connectivity index (χ4n) is 7.31. The van der Waals surface area contributed by atoms with Gasteiger partial charge < -0.3 is 24.7 Å². The highest BCUT2D eigenvalue weighted by atomic mass is 79.9. The number of hydrogen-bond acceptors (Lipinski definition) is 6. The summed E-state index contributed by atoms with van der Waals surface area (Å²) in [6, 6.07) is 16.5. The minimum absolute atomic E-state index is 0.0183. The number of nitrogens with zero attached hydrogens (tertiary/aromatic N) is 4. The Balaban J connectivity index is 1.54. The lowest BCUT2D eigenvalue weighted by atomic mass is 9.70. The van der Waals surface area contributed by atoms with Gasteiger partial charge in [-0.05, 0) is 56.7 Å². The van der Waals surface area contributed by atoms with Gasteiger partial charge >= 0.3 is 0 Å². The average Bonchev–Trinajstić information content (AvgIpc) is 3.63. The van der Waals surface area contributed by atoms with Crippen molar-refractivity contribution in [2.45, 2.75) is 41.1 Å². The van der Waals surface area contributed by atoms with Crippen molar-refractivity contribution in [1.82, 2.24) is 4.90 Å². The molecular formula is C34H41BrN4O4S. The Morgan fingerprint density at radius 3 is 2.11 bits per heavy atom. The molecule has 3 unspecified atom stereocenters. The first-order valence-electron chi connectivity index (χ1n) is 15.3. The zero-order chi connectivity index (χ0) is 31.6. The third kappa shape index (κ3) is 5.39. The van der Waals surface area contributed by atoms with Gasteiger partial charge in [0.05, 0.1) is 23.2 Å². The molecule has 2 aromatic carbocycles. The number of β-amino-alcohol motifs (C(OH)–C–C–N with tert-alkyl or cyclic N) is 1. The molecule has 44 heavy (non-hydrogen) atoms. The van der Waals surface area contributed by atoms with Crippen LogP contribution in [0, 0.1) is 11.8 Å². The summed E-state index contributed by atoms with van der Waals surface area (Å²) in [5.74, 6) is -1.94.